The third-order valence-corrected chi connectivity index (χ3v) is 2.53. The largest absolute Gasteiger partial charge is 0.478 e. The Morgan fingerprint density at radius 3 is 2.78 bits per heavy atom. The van der Waals surface area contributed by atoms with Crippen LogP contribution in [0.1, 0.15) is 10.4 Å². The van der Waals surface area contributed by atoms with Crippen molar-refractivity contribution in [2.75, 3.05) is 18.9 Å². The van der Waals surface area contributed by atoms with Gasteiger partial charge in [-0.25, -0.2) is 9.59 Å². The van der Waals surface area contributed by atoms with E-state index in [9.17, 15) is 9.59 Å². The number of anilines is 1. The van der Waals surface area contributed by atoms with E-state index in [1.807, 2.05) is 0 Å². The second-order valence-corrected chi connectivity index (χ2v) is 3.97. The first kappa shape index (κ1) is 14.1. The first-order chi connectivity index (χ1) is 8.47. The van der Waals surface area contributed by atoms with E-state index in [2.05, 4.69) is 11.9 Å². The fourth-order valence-electron chi connectivity index (χ4n) is 1.33. The van der Waals surface area contributed by atoms with Crippen molar-refractivity contribution in [1.29, 1.82) is 0 Å². The number of carboxylic acid groups (broad SMARTS) is 1. The molecule has 0 aliphatic carbocycles. The van der Waals surface area contributed by atoms with Crippen LogP contribution < -0.4 is 5.32 Å². The standard InChI is InChI=1S/C12H13ClN2O3/c1-3-7-15(2)12(18)14-9-6-4-5-8(13)10(9)11(16)17/h3-6H,1,7H2,2H3,(H,14,18)(H,16,17). The lowest BCUT2D eigenvalue weighted by atomic mass is 10.2. The second kappa shape index (κ2) is 6.07. The Labute approximate surface area is 110 Å². The van der Waals surface area contributed by atoms with E-state index in [0.29, 0.717) is 6.54 Å². The number of urea groups is 1. The monoisotopic (exact) mass is 268 g/mol. The average Bonchev–Trinajstić information content (AvgIpc) is 2.28. The van der Waals surface area contributed by atoms with Crippen molar-refractivity contribution in [3.63, 3.8) is 0 Å². The molecule has 0 atom stereocenters. The number of aromatic carboxylic acids is 1. The number of carbonyl (C=O) groups is 2. The van der Waals surface area contributed by atoms with Gasteiger partial charge in [-0.05, 0) is 12.1 Å². The van der Waals surface area contributed by atoms with Gasteiger partial charge in [-0.2, -0.15) is 0 Å². The number of carbonyl (C=O) groups excluding carboxylic acids is 1. The molecule has 0 bridgehead atoms. The maximum atomic E-state index is 11.7. The Morgan fingerprint density at radius 2 is 2.22 bits per heavy atom. The molecule has 1 aromatic rings. The van der Waals surface area contributed by atoms with E-state index in [1.54, 1.807) is 19.2 Å². The molecule has 0 heterocycles. The van der Waals surface area contributed by atoms with E-state index >= 15 is 0 Å². The second-order valence-electron chi connectivity index (χ2n) is 3.57. The van der Waals surface area contributed by atoms with Gasteiger partial charge in [0.2, 0.25) is 0 Å². The van der Waals surface area contributed by atoms with Gasteiger partial charge in [-0.15, -0.1) is 6.58 Å². The summed E-state index contributed by atoms with van der Waals surface area (Å²) in [5.74, 6) is -1.19. The fourth-order valence-corrected chi connectivity index (χ4v) is 1.59. The highest BCUT2D eigenvalue weighted by Gasteiger charge is 2.17. The number of carboxylic acids is 1. The molecule has 6 heteroatoms. The highest BCUT2D eigenvalue weighted by atomic mass is 35.5. The zero-order chi connectivity index (χ0) is 13.7. The van der Waals surface area contributed by atoms with Crippen LogP contribution in [0, 0.1) is 0 Å². The summed E-state index contributed by atoms with van der Waals surface area (Å²) >= 11 is 5.79. The van der Waals surface area contributed by atoms with Crippen molar-refractivity contribution >= 4 is 29.3 Å². The minimum absolute atomic E-state index is 0.0756. The van der Waals surface area contributed by atoms with Gasteiger partial charge in [0.1, 0.15) is 5.56 Å². The number of amides is 2. The van der Waals surface area contributed by atoms with Crippen LogP contribution in [0.3, 0.4) is 0 Å². The molecule has 0 aromatic heterocycles. The van der Waals surface area contributed by atoms with Crippen LogP contribution in [0.5, 0.6) is 0 Å². The molecule has 1 rings (SSSR count). The van der Waals surface area contributed by atoms with Crippen LogP contribution in [0.4, 0.5) is 10.5 Å². The van der Waals surface area contributed by atoms with Gasteiger partial charge in [0, 0.05) is 13.6 Å². The molecule has 0 saturated heterocycles. The molecule has 18 heavy (non-hydrogen) atoms. The maximum absolute atomic E-state index is 11.7. The number of likely N-dealkylation sites (N-methyl/N-ethyl adjacent to an activating group) is 1. The Balaban J connectivity index is 2.98. The van der Waals surface area contributed by atoms with E-state index < -0.39 is 12.0 Å². The highest BCUT2D eigenvalue weighted by molar-refractivity contribution is 6.34. The predicted molar refractivity (Wildman–Crippen MR) is 70.3 cm³/mol. The molecule has 0 aliphatic heterocycles. The molecule has 5 nitrogen and oxygen atoms in total. The highest BCUT2D eigenvalue weighted by Crippen LogP contribution is 2.24. The van der Waals surface area contributed by atoms with Crippen LogP contribution in [0.25, 0.3) is 0 Å². The number of benzene rings is 1. The van der Waals surface area contributed by atoms with Crippen molar-refractivity contribution in [3.8, 4) is 0 Å². The van der Waals surface area contributed by atoms with Crippen LogP contribution in [-0.2, 0) is 0 Å². The van der Waals surface area contributed by atoms with Crippen molar-refractivity contribution in [2.24, 2.45) is 0 Å². The third kappa shape index (κ3) is 3.24. The molecule has 1 aromatic carbocycles. The van der Waals surface area contributed by atoms with Gasteiger partial charge in [0.25, 0.3) is 0 Å². The lowest BCUT2D eigenvalue weighted by Gasteiger charge is -2.17. The van der Waals surface area contributed by atoms with Gasteiger partial charge >= 0.3 is 12.0 Å². The number of hydrogen-bond acceptors (Lipinski definition) is 2. The van der Waals surface area contributed by atoms with Gasteiger partial charge in [-0.3, -0.25) is 0 Å². The molecule has 2 N–H and O–H groups in total. The molecule has 0 fully saturated rings. The first-order valence-electron chi connectivity index (χ1n) is 5.12. The third-order valence-electron chi connectivity index (χ3n) is 2.22. The number of rotatable bonds is 4. The summed E-state index contributed by atoms with van der Waals surface area (Å²) in [5, 5.41) is 11.6. The zero-order valence-electron chi connectivity index (χ0n) is 9.81. The summed E-state index contributed by atoms with van der Waals surface area (Å²) in [7, 11) is 1.57. The summed E-state index contributed by atoms with van der Waals surface area (Å²) < 4.78 is 0. The molecule has 0 saturated carbocycles. The van der Waals surface area contributed by atoms with Crippen LogP contribution in [-0.4, -0.2) is 35.6 Å². The van der Waals surface area contributed by atoms with Gasteiger partial charge < -0.3 is 15.3 Å². The zero-order valence-corrected chi connectivity index (χ0v) is 10.6. The van der Waals surface area contributed by atoms with E-state index in [-0.39, 0.29) is 16.3 Å². The van der Waals surface area contributed by atoms with Crippen molar-refractivity contribution in [1.82, 2.24) is 4.90 Å². The maximum Gasteiger partial charge on any atom is 0.339 e. The number of nitrogens with zero attached hydrogens (tertiary/aromatic N) is 1. The molecule has 0 spiro atoms. The quantitative estimate of drug-likeness (QED) is 0.825. The summed E-state index contributed by atoms with van der Waals surface area (Å²) in [6.07, 6.45) is 1.57. The van der Waals surface area contributed by atoms with Crippen LogP contribution >= 0.6 is 11.6 Å². The molecule has 0 radical (unpaired) electrons. The molecular weight excluding hydrogens is 256 g/mol. The van der Waals surface area contributed by atoms with E-state index in [4.69, 9.17) is 16.7 Å². The number of halogens is 1. The van der Waals surface area contributed by atoms with Crippen LogP contribution in [0.15, 0.2) is 30.9 Å². The van der Waals surface area contributed by atoms with Crippen molar-refractivity contribution in [2.45, 2.75) is 0 Å². The number of nitrogens with one attached hydrogen (secondary N) is 1. The van der Waals surface area contributed by atoms with E-state index in [0.717, 1.165) is 0 Å². The van der Waals surface area contributed by atoms with E-state index in [1.165, 1.54) is 17.0 Å². The fraction of sp³-hybridized carbons (Fsp3) is 0.167. The summed E-state index contributed by atoms with van der Waals surface area (Å²) in [4.78, 5) is 24.1. The number of hydrogen-bond donors (Lipinski definition) is 2. The molecule has 0 unspecified atom stereocenters. The molecule has 96 valence electrons. The van der Waals surface area contributed by atoms with Gasteiger partial charge in [-0.1, -0.05) is 23.7 Å². The lowest BCUT2D eigenvalue weighted by molar-refractivity contribution is 0.0698. The minimum Gasteiger partial charge on any atom is -0.478 e. The normalized spacial score (nSPS) is 9.67. The average molecular weight is 269 g/mol. The molecule has 2 amide bonds. The Morgan fingerprint density at radius 1 is 1.56 bits per heavy atom. The SMILES string of the molecule is C=CCN(C)C(=O)Nc1cccc(Cl)c1C(=O)O. The van der Waals surface area contributed by atoms with Crippen LogP contribution in [0.2, 0.25) is 5.02 Å². The van der Waals surface area contributed by atoms with Gasteiger partial charge in [0.15, 0.2) is 0 Å². The summed E-state index contributed by atoms with van der Waals surface area (Å²) in [6, 6.07) is 4.07. The smallest absolute Gasteiger partial charge is 0.339 e. The minimum atomic E-state index is -1.19. The van der Waals surface area contributed by atoms with Gasteiger partial charge in [0.05, 0.1) is 10.7 Å². The Bertz CT molecular complexity index is 488. The van der Waals surface area contributed by atoms with Crippen molar-refractivity contribution in [3.05, 3.63) is 41.4 Å². The summed E-state index contributed by atoms with van der Waals surface area (Å²) in [5.41, 5.74) is 0.0374. The Kier molecular flexibility index (Phi) is 4.74. The Hall–Kier alpha value is -2.01. The lowest BCUT2D eigenvalue weighted by Crippen LogP contribution is -2.31. The molecular formula is C12H13ClN2O3. The first-order valence-corrected chi connectivity index (χ1v) is 5.50. The predicted octanol–water partition coefficient (Wildman–Crippen LogP) is 2.69. The topological polar surface area (TPSA) is 69.6 Å². The van der Waals surface area contributed by atoms with Crippen molar-refractivity contribution < 1.29 is 14.7 Å². The summed E-state index contributed by atoms with van der Waals surface area (Å²) in [6.45, 7) is 3.87. The molecule has 0 aliphatic rings.